The molecule has 0 N–H and O–H groups in total. The number of hydrogen-bond donors (Lipinski definition) is 0. The second-order valence-electron chi connectivity index (χ2n) is 4.57. The number of halogens is 1. The molecule has 106 valence electrons. The fourth-order valence-corrected chi connectivity index (χ4v) is 2.43. The van der Waals surface area contributed by atoms with Gasteiger partial charge < -0.3 is 14.2 Å². The summed E-state index contributed by atoms with van der Waals surface area (Å²) in [6.45, 7) is 3.39. The third-order valence-corrected chi connectivity index (χ3v) is 3.50. The van der Waals surface area contributed by atoms with E-state index in [1.807, 2.05) is 6.07 Å². The molecule has 1 aliphatic rings. The molecule has 2 aromatic heterocycles. The number of nitrogens with zero attached hydrogens (tertiary/aromatic N) is 4. The number of fused-ring (bicyclic) bond motifs is 1. The molecule has 0 radical (unpaired) electrons. The third-order valence-electron chi connectivity index (χ3n) is 3.33. The quantitative estimate of drug-likeness (QED) is 0.786. The molecule has 6 nitrogen and oxygen atoms in total. The standard InChI is InChI=1S/C13H15ClN4O2/c14-2-4-17-3-1-11-10(12(17)19)9-15-13(16-11)18-5-7-20-8-6-18/h1,3,9H,2,4-8H2. The molecule has 0 aliphatic carbocycles. The van der Waals surface area contributed by atoms with E-state index in [1.165, 1.54) is 0 Å². The maximum absolute atomic E-state index is 12.2. The van der Waals surface area contributed by atoms with Crippen LogP contribution in [-0.4, -0.2) is 46.7 Å². The van der Waals surface area contributed by atoms with E-state index in [2.05, 4.69) is 14.9 Å². The van der Waals surface area contributed by atoms with Crippen molar-refractivity contribution in [2.75, 3.05) is 37.1 Å². The number of anilines is 1. The van der Waals surface area contributed by atoms with Crippen LogP contribution >= 0.6 is 11.6 Å². The molecule has 1 saturated heterocycles. The number of hydrogen-bond acceptors (Lipinski definition) is 5. The molecule has 0 spiro atoms. The summed E-state index contributed by atoms with van der Waals surface area (Å²) < 4.78 is 6.88. The van der Waals surface area contributed by atoms with Crippen LogP contribution in [0.15, 0.2) is 23.3 Å². The Kier molecular flexibility index (Phi) is 3.84. The Morgan fingerprint density at radius 2 is 2.15 bits per heavy atom. The summed E-state index contributed by atoms with van der Waals surface area (Å²) >= 11 is 5.68. The molecule has 0 saturated carbocycles. The molecule has 3 heterocycles. The lowest BCUT2D eigenvalue weighted by Gasteiger charge is -2.26. The molecular weight excluding hydrogens is 280 g/mol. The van der Waals surface area contributed by atoms with Gasteiger partial charge in [0.15, 0.2) is 0 Å². The van der Waals surface area contributed by atoms with Crippen molar-refractivity contribution in [2.24, 2.45) is 0 Å². The fraction of sp³-hybridized carbons (Fsp3) is 0.462. The summed E-state index contributed by atoms with van der Waals surface area (Å²) in [5.74, 6) is 1.05. The number of pyridine rings is 1. The first kappa shape index (κ1) is 13.3. The molecular formula is C13H15ClN4O2. The molecule has 7 heteroatoms. The van der Waals surface area contributed by atoms with Crippen molar-refractivity contribution in [2.45, 2.75) is 6.54 Å². The van der Waals surface area contributed by atoms with Crippen LogP contribution in [0.5, 0.6) is 0 Å². The Labute approximate surface area is 121 Å². The van der Waals surface area contributed by atoms with Gasteiger partial charge in [-0.25, -0.2) is 9.97 Å². The Morgan fingerprint density at radius 1 is 1.35 bits per heavy atom. The highest BCUT2D eigenvalue weighted by atomic mass is 35.5. The lowest BCUT2D eigenvalue weighted by Crippen LogP contribution is -2.37. The number of alkyl halides is 1. The van der Waals surface area contributed by atoms with Crippen LogP contribution in [0.3, 0.4) is 0 Å². The average molecular weight is 295 g/mol. The van der Waals surface area contributed by atoms with Gasteiger partial charge in [0.2, 0.25) is 5.95 Å². The first-order chi connectivity index (χ1) is 9.79. The summed E-state index contributed by atoms with van der Waals surface area (Å²) in [6, 6.07) is 1.83. The Balaban J connectivity index is 1.99. The monoisotopic (exact) mass is 294 g/mol. The van der Waals surface area contributed by atoms with Crippen molar-refractivity contribution < 1.29 is 4.74 Å². The van der Waals surface area contributed by atoms with Crippen molar-refractivity contribution in [3.8, 4) is 0 Å². The van der Waals surface area contributed by atoms with Crippen molar-refractivity contribution in [1.82, 2.24) is 14.5 Å². The molecule has 2 aromatic rings. The van der Waals surface area contributed by atoms with Crippen LogP contribution in [-0.2, 0) is 11.3 Å². The zero-order valence-electron chi connectivity index (χ0n) is 11.0. The maximum atomic E-state index is 12.2. The zero-order chi connectivity index (χ0) is 13.9. The van der Waals surface area contributed by atoms with Gasteiger partial charge in [-0.3, -0.25) is 4.79 Å². The molecule has 20 heavy (non-hydrogen) atoms. The van der Waals surface area contributed by atoms with E-state index in [1.54, 1.807) is 17.0 Å². The Bertz CT molecular complexity index is 667. The maximum Gasteiger partial charge on any atom is 0.261 e. The third kappa shape index (κ3) is 2.48. The fourth-order valence-electron chi connectivity index (χ4n) is 2.24. The average Bonchev–Trinajstić information content (AvgIpc) is 2.51. The van der Waals surface area contributed by atoms with Gasteiger partial charge in [0, 0.05) is 37.9 Å². The van der Waals surface area contributed by atoms with Crippen LogP contribution < -0.4 is 10.5 Å². The zero-order valence-corrected chi connectivity index (χ0v) is 11.7. The second-order valence-corrected chi connectivity index (χ2v) is 4.95. The SMILES string of the molecule is O=c1c2cnc(N3CCOCC3)nc2ccn1CCCl. The van der Waals surface area contributed by atoms with Gasteiger partial charge in [-0.15, -0.1) is 11.6 Å². The highest BCUT2D eigenvalue weighted by Crippen LogP contribution is 2.13. The van der Waals surface area contributed by atoms with Gasteiger partial charge >= 0.3 is 0 Å². The van der Waals surface area contributed by atoms with Crippen molar-refractivity contribution in [3.05, 3.63) is 28.8 Å². The summed E-state index contributed by atoms with van der Waals surface area (Å²) in [4.78, 5) is 23.0. The number of rotatable bonds is 3. The molecule has 0 unspecified atom stereocenters. The van der Waals surface area contributed by atoms with E-state index >= 15 is 0 Å². The lowest BCUT2D eigenvalue weighted by molar-refractivity contribution is 0.122. The van der Waals surface area contributed by atoms with E-state index in [9.17, 15) is 4.79 Å². The van der Waals surface area contributed by atoms with Crippen LogP contribution in [0.2, 0.25) is 0 Å². The first-order valence-electron chi connectivity index (χ1n) is 6.54. The largest absolute Gasteiger partial charge is 0.378 e. The van der Waals surface area contributed by atoms with Crippen molar-refractivity contribution >= 4 is 28.5 Å². The van der Waals surface area contributed by atoms with Gasteiger partial charge in [0.1, 0.15) is 0 Å². The summed E-state index contributed by atoms with van der Waals surface area (Å²) in [6.07, 6.45) is 3.32. The van der Waals surface area contributed by atoms with E-state index in [0.29, 0.717) is 42.5 Å². The van der Waals surface area contributed by atoms with E-state index < -0.39 is 0 Å². The molecule has 0 aromatic carbocycles. The summed E-state index contributed by atoms with van der Waals surface area (Å²) in [5, 5.41) is 0.523. The highest BCUT2D eigenvalue weighted by Gasteiger charge is 2.14. The van der Waals surface area contributed by atoms with Crippen LogP contribution in [0.25, 0.3) is 10.9 Å². The van der Waals surface area contributed by atoms with Gasteiger partial charge in [-0.05, 0) is 6.07 Å². The van der Waals surface area contributed by atoms with Gasteiger partial charge in [-0.2, -0.15) is 0 Å². The molecule has 1 fully saturated rings. The molecule has 0 bridgehead atoms. The summed E-state index contributed by atoms with van der Waals surface area (Å²) in [5.41, 5.74) is 0.564. The smallest absolute Gasteiger partial charge is 0.261 e. The van der Waals surface area contributed by atoms with E-state index in [-0.39, 0.29) is 5.56 Å². The molecule has 1 aliphatic heterocycles. The predicted molar refractivity (Wildman–Crippen MR) is 77.6 cm³/mol. The van der Waals surface area contributed by atoms with Gasteiger partial charge in [-0.1, -0.05) is 0 Å². The van der Waals surface area contributed by atoms with E-state index in [0.717, 1.165) is 13.1 Å². The Hall–Kier alpha value is -1.66. The minimum atomic E-state index is -0.100. The normalized spacial score (nSPS) is 15.8. The topological polar surface area (TPSA) is 60.3 Å². The first-order valence-corrected chi connectivity index (χ1v) is 7.08. The minimum Gasteiger partial charge on any atom is -0.378 e. The molecule has 0 atom stereocenters. The summed E-state index contributed by atoms with van der Waals surface area (Å²) in [7, 11) is 0. The van der Waals surface area contributed by atoms with Crippen LogP contribution in [0, 0.1) is 0 Å². The van der Waals surface area contributed by atoms with E-state index in [4.69, 9.17) is 16.3 Å². The van der Waals surface area contributed by atoms with Crippen LogP contribution in [0.4, 0.5) is 5.95 Å². The van der Waals surface area contributed by atoms with Gasteiger partial charge in [0.05, 0.1) is 24.1 Å². The van der Waals surface area contributed by atoms with Gasteiger partial charge in [0.25, 0.3) is 5.56 Å². The minimum absolute atomic E-state index is 0.100. The number of aromatic nitrogens is 3. The highest BCUT2D eigenvalue weighted by molar-refractivity contribution is 6.17. The number of morpholine rings is 1. The molecule has 0 amide bonds. The Morgan fingerprint density at radius 3 is 2.90 bits per heavy atom. The second kappa shape index (κ2) is 5.76. The lowest BCUT2D eigenvalue weighted by atomic mass is 10.3. The van der Waals surface area contributed by atoms with Crippen molar-refractivity contribution in [3.63, 3.8) is 0 Å². The molecule has 3 rings (SSSR count). The van der Waals surface area contributed by atoms with Crippen LogP contribution in [0.1, 0.15) is 0 Å². The predicted octanol–water partition coefficient (Wildman–Crippen LogP) is 0.867. The number of aryl methyl sites for hydroxylation is 1. The number of ether oxygens (including phenoxy) is 1. The van der Waals surface area contributed by atoms with Crippen molar-refractivity contribution in [1.29, 1.82) is 0 Å².